The van der Waals surface area contributed by atoms with Gasteiger partial charge in [0.25, 0.3) is 5.91 Å². The van der Waals surface area contributed by atoms with Crippen LogP contribution in [-0.4, -0.2) is 56.0 Å². The van der Waals surface area contributed by atoms with Gasteiger partial charge in [-0.05, 0) is 19.4 Å². The summed E-state index contributed by atoms with van der Waals surface area (Å²) in [6, 6.07) is 1.75. The molecule has 8 nitrogen and oxygen atoms in total. The maximum atomic E-state index is 12.4. The summed E-state index contributed by atoms with van der Waals surface area (Å²) in [6.07, 6.45) is 3.53. The van der Waals surface area contributed by atoms with Crippen molar-refractivity contribution in [3.63, 3.8) is 0 Å². The molecule has 2 fully saturated rings. The van der Waals surface area contributed by atoms with Gasteiger partial charge in [0.2, 0.25) is 5.89 Å². The second-order valence-corrected chi connectivity index (χ2v) is 6.32. The summed E-state index contributed by atoms with van der Waals surface area (Å²) < 4.78 is 12.9. The average Bonchev–Trinajstić information content (AvgIpc) is 3.23. The molecule has 2 aromatic rings. The Hall–Kier alpha value is -2.22. The van der Waals surface area contributed by atoms with Crippen LogP contribution in [0.4, 0.5) is 0 Å². The molecular formula is C15H19N5O3. The van der Waals surface area contributed by atoms with Crippen LogP contribution < -0.4 is 0 Å². The van der Waals surface area contributed by atoms with Crippen LogP contribution >= 0.6 is 0 Å². The third-order valence-electron chi connectivity index (χ3n) is 4.51. The zero-order valence-electron chi connectivity index (χ0n) is 13.2. The first-order valence-electron chi connectivity index (χ1n) is 7.82. The number of aryl methyl sites for hydroxylation is 2. The standard InChI is InChI=1S/C15H19N5O3/c1-9-16-14(23-18-9)6-11-5-10-7-20(8-13(10)22-11)15(21)12-3-4-19(2)17-12/h3-4,10-11,13H,5-8H2,1-2H3/t10-,11+,13+/m0/s1. The molecule has 2 aromatic heterocycles. The quantitative estimate of drug-likeness (QED) is 0.823. The molecule has 122 valence electrons. The molecule has 2 aliphatic heterocycles. The first-order chi connectivity index (χ1) is 11.1. The summed E-state index contributed by atoms with van der Waals surface area (Å²) in [5, 5.41) is 7.98. The van der Waals surface area contributed by atoms with E-state index in [2.05, 4.69) is 15.2 Å². The summed E-state index contributed by atoms with van der Waals surface area (Å²) >= 11 is 0. The highest BCUT2D eigenvalue weighted by atomic mass is 16.5. The van der Waals surface area contributed by atoms with E-state index in [1.165, 1.54) is 0 Å². The lowest BCUT2D eigenvalue weighted by atomic mass is 10.0. The molecule has 0 bridgehead atoms. The second kappa shape index (κ2) is 5.45. The Balaban J connectivity index is 1.35. The van der Waals surface area contributed by atoms with Crippen LogP contribution in [0.25, 0.3) is 0 Å². The lowest BCUT2D eigenvalue weighted by molar-refractivity contribution is 0.0329. The fourth-order valence-electron chi connectivity index (χ4n) is 3.47. The van der Waals surface area contributed by atoms with E-state index < -0.39 is 0 Å². The Bertz CT molecular complexity index is 710. The van der Waals surface area contributed by atoms with Gasteiger partial charge in [0.05, 0.1) is 18.6 Å². The van der Waals surface area contributed by atoms with Gasteiger partial charge < -0.3 is 14.2 Å². The van der Waals surface area contributed by atoms with Gasteiger partial charge in [-0.1, -0.05) is 5.16 Å². The molecule has 4 rings (SSSR count). The smallest absolute Gasteiger partial charge is 0.274 e. The molecule has 0 aliphatic carbocycles. The van der Waals surface area contributed by atoms with Gasteiger partial charge in [-0.15, -0.1) is 0 Å². The lowest BCUT2D eigenvalue weighted by Crippen LogP contribution is -2.32. The van der Waals surface area contributed by atoms with Crippen LogP contribution in [0.5, 0.6) is 0 Å². The van der Waals surface area contributed by atoms with E-state index in [0.29, 0.717) is 36.3 Å². The Labute approximate surface area is 133 Å². The topological polar surface area (TPSA) is 86.3 Å². The zero-order chi connectivity index (χ0) is 16.0. The van der Waals surface area contributed by atoms with E-state index in [1.54, 1.807) is 23.9 Å². The van der Waals surface area contributed by atoms with E-state index in [0.717, 1.165) is 13.0 Å². The molecule has 2 aliphatic rings. The number of amides is 1. The number of hydrogen-bond acceptors (Lipinski definition) is 6. The van der Waals surface area contributed by atoms with E-state index in [-0.39, 0.29) is 18.1 Å². The fraction of sp³-hybridized carbons (Fsp3) is 0.600. The molecule has 0 saturated carbocycles. The molecule has 4 heterocycles. The summed E-state index contributed by atoms with van der Waals surface area (Å²) in [7, 11) is 1.81. The van der Waals surface area contributed by atoms with Crippen molar-refractivity contribution in [1.29, 1.82) is 0 Å². The summed E-state index contributed by atoms with van der Waals surface area (Å²) in [5.41, 5.74) is 0.491. The minimum atomic E-state index is -0.0207. The van der Waals surface area contributed by atoms with Gasteiger partial charge in [0.15, 0.2) is 5.82 Å². The molecule has 0 aromatic carbocycles. The van der Waals surface area contributed by atoms with Gasteiger partial charge in [-0.25, -0.2) is 0 Å². The molecule has 3 atom stereocenters. The monoisotopic (exact) mass is 317 g/mol. The number of nitrogens with zero attached hydrogens (tertiary/aromatic N) is 5. The van der Waals surface area contributed by atoms with Crippen LogP contribution in [0.3, 0.4) is 0 Å². The van der Waals surface area contributed by atoms with Gasteiger partial charge in [-0.2, -0.15) is 10.1 Å². The van der Waals surface area contributed by atoms with E-state index in [1.807, 2.05) is 11.9 Å². The van der Waals surface area contributed by atoms with Gasteiger partial charge >= 0.3 is 0 Å². The normalized spacial score (nSPS) is 26.7. The first kappa shape index (κ1) is 14.4. The van der Waals surface area contributed by atoms with Gasteiger partial charge in [0.1, 0.15) is 5.69 Å². The predicted molar refractivity (Wildman–Crippen MR) is 78.6 cm³/mol. The molecule has 0 radical (unpaired) electrons. The molecule has 0 N–H and O–H groups in total. The van der Waals surface area contributed by atoms with Crippen molar-refractivity contribution < 1.29 is 14.1 Å². The average molecular weight is 317 g/mol. The van der Waals surface area contributed by atoms with E-state index >= 15 is 0 Å². The number of fused-ring (bicyclic) bond motifs is 1. The van der Waals surface area contributed by atoms with Crippen molar-refractivity contribution in [2.75, 3.05) is 13.1 Å². The van der Waals surface area contributed by atoms with Gasteiger partial charge in [0, 0.05) is 32.3 Å². The maximum Gasteiger partial charge on any atom is 0.274 e. The maximum absolute atomic E-state index is 12.4. The van der Waals surface area contributed by atoms with Crippen molar-refractivity contribution in [3.8, 4) is 0 Å². The van der Waals surface area contributed by atoms with Crippen molar-refractivity contribution in [2.24, 2.45) is 13.0 Å². The number of rotatable bonds is 3. The minimum Gasteiger partial charge on any atom is -0.372 e. The summed E-state index contributed by atoms with van der Waals surface area (Å²) in [5.74, 6) is 1.61. The number of hydrogen-bond donors (Lipinski definition) is 0. The number of carbonyl (C=O) groups is 1. The summed E-state index contributed by atoms with van der Waals surface area (Å²) in [4.78, 5) is 18.5. The highest BCUT2D eigenvalue weighted by Crippen LogP contribution is 2.34. The fourth-order valence-corrected chi connectivity index (χ4v) is 3.47. The number of aromatic nitrogens is 4. The molecule has 23 heavy (non-hydrogen) atoms. The van der Waals surface area contributed by atoms with E-state index in [9.17, 15) is 4.79 Å². The highest BCUT2D eigenvalue weighted by Gasteiger charge is 2.44. The van der Waals surface area contributed by atoms with Crippen LogP contribution in [0.1, 0.15) is 28.6 Å². The van der Waals surface area contributed by atoms with Crippen LogP contribution in [0, 0.1) is 12.8 Å². The van der Waals surface area contributed by atoms with Crippen molar-refractivity contribution >= 4 is 5.91 Å². The molecule has 0 spiro atoms. The third kappa shape index (κ3) is 2.74. The molecule has 1 amide bonds. The van der Waals surface area contributed by atoms with Crippen LogP contribution in [-0.2, 0) is 18.2 Å². The predicted octanol–water partition coefficient (Wildman–Crippen LogP) is 0.584. The molecule has 0 unspecified atom stereocenters. The summed E-state index contributed by atoms with van der Waals surface area (Å²) in [6.45, 7) is 3.15. The lowest BCUT2D eigenvalue weighted by Gasteiger charge is -2.18. The molecular weight excluding hydrogens is 298 g/mol. The van der Waals surface area contributed by atoms with Crippen LogP contribution in [0.2, 0.25) is 0 Å². The number of likely N-dealkylation sites (tertiary alicyclic amines) is 1. The second-order valence-electron chi connectivity index (χ2n) is 6.32. The Kier molecular flexibility index (Phi) is 3.41. The zero-order valence-corrected chi connectivity index (χ0v) is 13.2. The minimum absolute atomic E-state index is 0.0207. The Morgan fingerprint density at radius 3 is 2.96 bits per heavy atom. The highest BCUT2D eigenvalue weighted by molar-refractivity contribution is 5.92. The number of carbonyl (C=O) groups excluding carboxylic acids is 1. The third-order valence-corrected chi connectivity index (χ3v) is 4.51. The SMILES string of the molecule is Cc1noc(C[C@H]2C[C@H]3CN(C(=O)c4ccn(C)n4)C[C@H]3O2)n1. The van der Waals surface area contributed by atoms with Crippen molar-refractivity contribution in [2.45, 2.75) is 32.0 Å². The van der Waals surface area contributed by atoms with Gasteiger partial charge in [-0.3, -0.25) is 9.48 Å². The Morgan fingerprint density at radius 1 is 1.43 bits per heavy atom. The van der Waals surface area contributed by atoms with Crippen molar-refractivity contribution in [3.05, 3.63) is 29.7 Å². The van der Waals surface area contributed by atoms with Crippen LogP contribution in [0.15, 0.2) is 16.8 Å². The molecule has 2 saturated heterocycles. The largest absolute Gasteiger partial charge is 0.372 e. The number of ether oxygens (including phenoxy) is 1. The van der Waals surface area contributed by atoms with Crippen molar-refractivity contribution in [1.82, 2.24) is 24.8 Å². The van der Waals surface area contributed by atoms with E-state index in [4.69, 9.17) is 9.26 Å². The first-order valence-corrected chi connectivity index (χ1v) is 7.82. The Morgan fingerprint density at radius 2 is 2.30 bits per heavy atom. The molecule has 8 heteroatoms.